The molecule has 0 atom stereocenters. The number of guanidine groups is 1. The van der Waals surface area contributed by atoms with Gasteiger partial charge in [-0.3, -0.25) is 10.3 Å². The molecule has 0 aliphatic carbocycles. The Labute approximate surface area is 227 Å². The standard InChI is InChI=1S/C28H45ClN4O4/c1-27(2,3)36-25(34)31-24(30-17-16-22-12-14-23(29)15-13-22)33(26(35)37-28(4,5)6)21-9-7-8-18-32-19-10-11-20-32/h12-15H,7-11,16-21H2,1-6H3,(H,30,31,34). The van der Waals surface area contributed by atoms with E-state index in [1.807, 2.05) is 45.0 Å². The third kappa shape index (κ3) is 13.2. The normalized spacial score (nSPS) is 14.9. The molecule has 1 fully saturated rings. The van der Waals surface area contributed by atoms with E-state index in [1.165, 1.54) is 30.8 Å². The summed E-state index contributed by atoms with van der Waals surface area (Å²) in [5.41, 5.74) is -0.327. The second-order valence-electron chi connectivity index (χ2n) is 11.5. The van der Waals surface area contributed by atoms with Crippen LogP contribution in [-0.2, 0) is 15.9 Å². The fourth-order valence-corrected chi connectivity index (χ4v) is 4.04. The van der Waals surface area contributed by atoms with Crippen LogP contribution in [0, 0.1) is 0 Å². The SMILES string of the molecule is CC(C)(C)OC(=O)NC(=NCCc1ccc(Cl)cc1)N(CCCCCN1CCCC1)C(=O)OC(C)(C)C. The van der Waals surface area contributed by atoms with Crippen molar-refractivity contribution in [3.05, 3.63) is 34.9 Å². The molecule has 0 spiro atoms. The first-order valence-electron chi connectivity index (χ1n) is 13.3. The molecular formula is C28H45ClN4O4. The maximum absolute atomic E-state index is 13.2. The van der Waals surface area contributed by atoms with Gasteiger partial charge >= 0.3 is 12.2 Å². The zero-order chi connectivity index (χ0) is 27.5. The van der Waals surface area contributed by atoms with Crippen LogP contribution in [-0.4, -0.2) is 71.9 Å². The van der Waals surface area contributed by atoms with E-state index in [9.17, 15) is 9.59 Å². The van der Waals surface area contributed by atoms with Crippen LogP contribution < -0.4 is 5.32 Å². The Hall–Kier alpha value is -2.32. The topological polar surface area (TPSA) is 83.5 Å². The maximum Gasteiger partial charge on any atom is 0.417 e. The summed E-state index contributed by atoms with van der Waals surface area (Å²) in [5.74, 6) is 0.136. The lowest BCUT2D eigenvalue weighted by Crippen LogP contribution is -2.50. The first-order valence-corrected chi connectivity index (χ1v) is 13.7. The number of benzene rings is 1. The second-order valence-corrected chi connectivity index (χ2v) is 11.9. The molecule has 0 radical (unpaired) electrons. The minimum absolute atomic E-state index is 0.136. The molecule has 1 N–H and O–H groups in total. The van der Waals surface area contributed by atoms with Crippen molar-refractivity contribution in [3.8, 4) is 0 Å². The number of ether oxygens (including phenoxy) is 2. The van der Waals surface area contributed by atoms with E-state index in [2.05, 4.69) is 15.2 Å². The predicted molar refractivity (Wildman–Crippen MR) is 149 cm³/mol. The summed E-state index contributed by atoms with van der Waals surface area (Å²) in [6.45, 7) is 15.0. The highest BCUT2D eigenvalue weighted by Crippen LogP contribution is 2.14. The number of likely N-dealkylation sites (tertiary alicyclic amines) is 1. The lowest BCUT2D eigenvalue weighted by Gasteiger charge is -2.29. The lowest BCUT2D eigenvalue weighted by atomic mass is 10.1. The number of nitrogens with zero attached hydrogens (tertiary/aromatic N) is 3. The monoisotopic (exact) mass is 536 g/mol. The first kappa shape index (κ1) is 30.9. The molecule has 1 aliphatic rings. The minimum Gasteiger partial charge on any atom is -0.444 e. The van der Waals surface area contributed by atoms with Crippen LogP contribution in [0.2, 0.25) is 5.02 Å². The number of carbonyl (C=O) groups is 2. The van der Waals surface area contributed by atoms with Gasteiger partial charge in [-0.25, -0.2) is 14.5 Å². The molecule has 1 aliphatic heterocycles. The van der Waals surface area contributed by atoms with Crippen molar-refractivity contribution < 1.29 is 19.1 Å². The van der Waals surface area contributed by atoms with E-state index in [4.69, 9.17) is 21.1 Å². The average Bonchev–Trinajstić information content (AvgIpc) is 3.28. The first-order chi connectivity index (χ1) is 17.3. The molecule has 2 rings (SSSR count). The number of aliphatic imine (C=N–C) groups is 1. The highest BCUT2D eigenvalue weighted by Gasteiger charge is 2.28. The van der Waals surface area contributed by atoms with Crippen molar-refractivity contribution in [1.82, 2.24) is 15.1 Å². The van der Waals surface area contributed by atoms with Crippen LogP contribution in [0.15, 0.2) is 29.3 Å². The average molecular weight is 537 g/mol. The largest absolute Gasteiger partial charge is 0.444 e. The zero-order valence-corrected chi connectivity index (χ0v) is 24.2. The van der Waals surface area contributed by atoms with Gasteiger partial charge in [-0.05, 0) is 111 Å². The number of rotatable bonds is 9. The van der Waals surface area contributed by atoms with Gasteiger partial charge in [-0.1, -0.05) is 30.2 Å². The molecule has 208 valence electrons. The van der Waals surface area contributed by atoms with E-state index in [0.29, 0.717) is 24.5 Å². The smallest absolute Gasteiger partial charge is 0.417 e. The Bertz CT molecular complexity index is 885. The number of hydrogen-bond donors (Lipinski definition) is 1. The number of carbonyl (C=O) groups excluding carboxylic acids is 2. The molecule has 0 unspecified atom stereocenters. The van der Waals surface area contributed by atoms with Gasteiger partial charge in [0.15, 0.2) is 0 Å². The van der Waals surface area contributed by atoms with Crippen molar-refractivity contribution in [1.29, 1.82) is 0 Å². The van der Waals surface area contributed by atoms with E-state index in [0.717, 1.165) is 31.4 Å². The van der Waals surface area contributed by atoms with Crippen molar-refractivity contribution in [3.63, 3.8) is 0 Å². The number of nitrogens with one attached hydrogen (secondary N) is 1. The number of hydrogen-bond acceptors (Lipinski definition) is 6. The summed E-state index contributed by atoms with van der Waals surface area (Å²) >= 11 is 5.99. The summed E-state index contributed by atoms with van der Waals surface area (Å²) in [7, 11) is 0. The van der Waals surface area contributed by atoms with Gasteiger partial charge in [0.1, 0.15) is 11.2 Å². The highest BCUT2D eigenvalue weighted by atomic mass is 35.5. The molecule has 37 heavy (non-hydrogen) atoms. The molecule has 8 nitrogen and oxygen atoms in total. The molecule has 0 bridgehead atoms. The molecule has 1 aromatic carbocycles. The predicted octanol–water partition coefficient (Wildman–Crippen LogP) is 6.27. The van der Waals surface area contributed by atoms with Gasteiger partial charge < -0.3 is 14.4 Å². The highest BCUT2D eigenvalue weighted by molar-refractivity contribution is 6.30. The van der Waals surface area contributed by atoms with E-state index in [-0.39, 0.29) is 5.96 Å². The van der Waals surface area contributed by atoms with Gasteiger partial charge in [0.2, 0.25) is 5.96 Å². The third-order valence-electron chi connectivity index (χ3n) is 5.61. The van der Waals surface area contributed by atoms with Gasteiger partial charge in [0.25, 0.3) is 0 Å². The fraction of sp³-hybridized carbons (Fsp3) is 0.679. The number of alkyl carbamates (subject to hydrolysis) is 1. The Balaban J connectivity index is 2.14. The zero-order valence-electron chi connectivity index (χ0n) is 23.4. The van der Waals surface area contributed by atoms with E-state index >= 15 is 0 Å². The Kier molecular flexibility index (Phi) is 12.2. The quantitative estimate of drug-likeness (QED) is 0.228. The van der Waals surface area contributed by atoms with Crippen molar-refractivity contribution >= 4 is 29.7 Å². The summed E-state index contributed by atoms with van der Waals surface area (Å²) < 4.78 is 11.1. The minimum atomic E-state index is -0.690. The van der Waals surface area contributed by atoms with Gasteiger partial charge in [-0.15, -0.1) is 0 Å². The summed E-state index contributed by atoms with van der Waals surface area (Å²) in [4.78, 5) is 34.4. The summed E-state index contributed by atoms with van der Waals surface area (Å²) in [6.07, 6.45) is 4.74. The van der Waals surface area contributed by atoms with Crippen LogP contribution in [0.3, 0.4) is 0 Å². The van der Waals surface area contributed by atoms with Crippen molar-refractivity contribution in [2.45, 2.75) is 91.3 Å². The molecule has 9 heteroatoms. The fourth-order valence-electron chi connectivity index (χ4n) is 3.92. The Morgan fingerprint density at radius 2 is 1.59 bits per heavy atom. The van der Waals surface area contributed by atoms with E-state index < -0.39 is 23.4 Å². The molecule has 1 aromatic rings. The van der Waals surface area contributed by atoms with Crippen molar-refractivity contribution in [2.75, 3.05) is 32.7 Å². The number of amides is 2. The van der Waals surface area contributed by atoms with Crippen LogP contribution in [0.25, 0.3) is 0 Å². The molecule has 0 aromatic heterocycles. The van der Waals surface area contributed by atoms with Crippen molar-refractivity contribution in [2.24, 2.45) is 4.99 Å². The third-order valence-corrected chi connectivity index (χ3v) is 5.86. The number of halogens is 1. The number of unbranched alkanes of at least 4 members (excludes halogenated alkanes) is 2. The van der Waals surface area contributed by atoms with Crippen LogP contribution >= 0.6 is 11.6 Å². The summed E-state index contributed by atoms with van der Waals surface area (Å²) in [6, 6.07) is 7.53. The molecule has 0 saturated carbocycles. The lowest BCUT2D eigenvalue weighted by molar-refractivity contribution is 0.0356. The Morgan fingerprint density at radius 1 is 0.973 bits per heavy atom. The van der Waals surface area contributed by atoms with Crippen LogP contribution in [0.5, 0.6) is 0 Å². The maximum atomic E-state index is 13.2. The van der Waals surface area contributed by atoms with Crippen LogP contribution in [0.1, 0.15) is 79.2 Å². The van der Waals surface area contributed by atoms with Gasteiger partial charge in [-0.2, -0.15) is 0 Å². The van der Waals surface area contributed by atoms with Gasteiger partial charge in [0.05, 0.1) is 0 Å². The molecule has 1 heterocycles. The molecule has 1 saturated heterocycles. The Morgan fingerprint density at radius 3 is 2.19 bits per heavy atom. The summed E-state index contributed by atoms with van der Waals surface area (Å²) in [5, 5.41) is 3.37. The molecular weight excluding hydrogens is 492 g/mol. The van der Waals surface area contributed by atoms with E-state index in [1.54, 1.807) is 20.8 Å². The second kappa shape index (κ2) is 14.6. The van der Waals surface area contributed by atoms with Gasteiger partial charge in [0, 0.05) is 18.1 Å². The van der Waals surface area contributed by atoms with Crippen LogP contribution in [0.4, 0.5) is 9.59 Å². The molecule has 2 amide bonds.